The molecule has 1 unspecified atom stereocenters. The number of benzene rings is 1. The van der Waals surface area contributed by atoms with Crippen LogP contribution in [-0.4, -0.2) is 13.7 Å². The van der Waals surface area contributed by atoms with Crippen LogP contribution in [-0.2, 0) is 0 Å². The van der Waals surface area contributed by atoms with Crippen molar-refractivity contribution in [2.24, 2.45) is 0 Å². The molecule has 0 aromatic heterocycles. The van der Waals surface area contributed by atoms with Gasteiger partial charge in [0, 0.05) is 6.04 Å². The van der Waals surface area contributed by atoms with Crippen LogP contribution in [0.15, 0.2) is 24.3 Å². The Morgan fingerprint density at radius 2 is 1.74 bits per heavy atom. The third-order valence-corrected chi connectivity index (χ3v) is 3.45. The van der Waals surface area contributed by atoms with Gasteiger partial charge in [-0.1, -0.05) is 51.7 Å². The summed E-state index contributed by atoms with van der Waals surface area (Å²) in [4.78, 5) is 0. The van der Waals surface area contributed by atoms with E-state index in [2.05, 4.69) is 43.4 Å². The number of nitrogens with one attached hydrogen (secondary N) is 1. The second-order valence-electron chi connectivity index (χ2n) is 5.11. The Morgan fingerprint density at radius 3 is 2.32 bits per heavy atom. The average molecular weight is 263 g/mol. The largest absolute Gasteiger partial charge is 0.494 e. The number of rotatable bonds is 10. The molecule has 0 saturated heterocycles. The molecular formula is C17H29NO. The van der Waals surface area contributed by atoms with Gasteiger partial charge < -0.3 is 10.1 Å². The van der Waals surface area contributed by atoms with Gasteiger partial charge in [-0.2, -0.15) is 0 Å². The molecule has 0 heterocycles. The van der Waals surface area contributed by atoms with Crippen molar-refractivity contribution in [3.63, 3.8) is 0 Å². The lowest BCUT2D eigenvalue weighted by atomic mass is 10.00. The summed E-state index contributed by atoms with van der Waals surface area (Å²) < 4.78 is 5.62. The van der Waals surface area contributed by atoms with E-state index in [1.54, 1.807) is 0 Å². The summed E-state index contributed by atoms with van der Waals surface area (Å²) in [5, 5.41) is 3.42. The van der Waals surface area contributed by atoms with Crippen LogP contribution in [0.3, 0.4) is 0 Å². The highest BCUT2D eigenvalue weighted by Gasteiger charge is 2.08. The van der Waals surface area contributed by atoms with E-state index < -0.39 is 0 Å². The fraction of sp³-hybridized carbons (Fsp3) is 0.647. The standard InChI is InChI=1S/C17H29NO/c1-4-6-7-8-9-17(18-3)15-10-12-16(13-11-15)19-14-5-2/h10-13,17-18H,4-9,14H2,1-3H3. The SMILES string of the molecule is CCCCCCC(NC)c1ccc(OCCC)cc1. The van der Waals surface area contributed by atoms with Crippen LogP contribution in [0.2, 0.25) is 0 Å². The molecule has 1 N–H and O–H groups in total. The van der Waals surface area contributed by atoms with E-state index in [4.69, 9.17) is 4.74 Å². The normalized spacial score (nSPS) is 12.4. The molecule has 0 bridgehead atoms. The lowest BCUT2D eigenvalue weighted by molar-refractivity contribution is 0.317. The summed E-state index contributed by atoms with van der Waals surface area (Å²) in [6.45, 7) is 5.18. The van der Waals surface area contributed by atoms with Crippen LogP contribution < -0.4 is 10.1 Å². The molecule has 1 atom stereocenters. The molecule has 0 radical (unpaired) electrons. The fourth-order valence-electron chi connectivity index (χ4n) is 2.27. The second kappa shape index (κ2) is 9.85. The van der Waals surface area contributed by atoms with Gasteiger partial charge in [-0.25, -0.2) is 0 Å². The molecule has 1 rings (SSSR count). The van der Waals surface area contributed by atoms with Crippen molar-refractivity contribution in [2.75, 3.05) is 13.7 Å². The van der Waals surface area contributed by atoms with Crippen LogP contribution in [0, 0.1) is 0 Å². The topological polar surface area (TPSA) is 21.3 Å². The molecule has 0 spiro atoms. The van der Waals surface area contributed by atoms with Crippen molar-refractivity contribution in [3.8, 4) is 5.75 Å². The average Bonchev–Trinajstić information content (AvgIpc) is 2.46. The van der Waals surface area contributed by atoms with Crippen molar-refractivity contribution in [2.45, 2.75) is 58.4 Å². The van der Waals surface area contributed by atoms with Gasteiger partial charge in [-0.15, -0.1) is 0 Å². The minimum atomic E-state index is 0.470. The van der Waals surface area contributed by atoms with Gasteiger partial charge >= 0.3 is 0 Å². The molecule has 0 aliphatic carbocycles. The van der Waals surface area contributed by atoms with Crippen LogP contribution in [0.4, 0.5) is 0 Å². The molecule has 2 heteroatoms. The van der Waals surface area contributed by atoms with Crippen LogP contribution in [0.1, 0.15) is 64.0 Å². The summed E-state index contributed by atoms with van der Waals surface area (Å²) in [6, 6.07) is 9.01. The van der Waals surface area contributed by atoms with Crippen LogP contribution in [0.25, 0.3) is 0 Å². The Balaban J connectivity index is 2.46. The highest BCUT2D eigenvalue weighted by molar-refractivity contribution is 5.29. The summed E-state index contributed by atoms with van der Waals surface area (Å²) in [7, 11) is 2.05. The molecule has 1 aromatic carbocycles. The molecular weight excluding hydrogens is 234 g/mol. The van der Waals surface area contributed by atoms with Gasteiger partial charge in [0.2, 0.25) is 0 Å². The zero-order chi connectivity index (χ0) is 13.9. The molecule has 0 aliphatic heterocycles. The number of hydrogen-bond acceptors (Lipinski definition) is 2. The first kappa shape index (κ1) is 16.0. The quantitative estimate of drug-likeness (QED) is 0.617. The van der Waals surface area contributed by atoms with Gasteiger partial charge in [0.1, 0.15) is 5.75 Å². The third kappa shape index (κ3) is 6.11. The van der Waals surface area contributed by atoms with E-state index in [1.165, 1.54) is 37.7 Å². The van der Waals surface area contributed by atoms with Gasteiger partial charge in [-0.3, -0.25) is 0 Å². The summed E-state index contributed by atoms with van der Waals surface area (Å²) in [5.74, 6) is 0.978. The van der Waals surface area contributed by atoms with Crippen molar-refractivity contribution in [1.29, 1.82) is 0 Å². The Bertz CT molecular complexity index is 321. The first-order valence-corrected chi connectivity index (χ1v) is 7.71. The number of ether oxygens (including phenoxy) is 1. The van der Waals surface area contributed by atoms with E-state index in [0.717, 1.165) is 18.8 Å². The van der Waals surface area contributed by atoms with Crippen LogP contribution >= 0.6 is 0 Å². The number of hydrogen-bond donors (Lipinski definition) is 1. The lowest BCUT2D eigenvalue weighted by Gasteiger charge is -2.17. The first-order valence-electron chi connectivity index (χ1n) is 7.71. The van der Waals surface area contributed by atoms with Crippen molar-refractivity contribution in [3.05, 3.63) is 29.8 Å². The van der Waals surface area contributed by atoms with E-state index in [9.17, 15) is 0 Å². The fourth-order valence-corrected chi connectivity index (χ4v) is 2.27. The third-order valence-electron chi connectivity index (χ3n) is 3.45. The highest BCUT2D eigenvalue weighted by Crippen LogP contribution is 2.22. The minimum Gasteiger partial charge on any atom is -0.494 e. The van der Waals surface area contributed by atoms with Gasteiger partial charge in [-0.05, 0) is 37.6 Å². The van der Waals surface area contributed by atoms with Crippen molar-refractivity contribution >= 4 is 0 Å². The lowest BCUT2D eigenvalue weighted by Crippen LogP contribution is -2.16. The van der Waals surface area contributed by atoms with Gasteiger partial charge in [0.05, 0.1) is 6.61 Å². The maximum absolute atomic E-state index is 5.62. The highest BCUT2D eigenvalue weighted by atomic mass is 16.5. The predicted octanol–water partition coefficient (Wildman–Crippen LogP) is 4.71. The second-order valence-corrected chi connectivity index (χ2v) is 5.11. The van der Waals surface area contributed by atoms with E-state index in [-0.39, 0.29) is 0 Å². The molecule has 0 aliphatic rings. The molecule has 0 amide bonds. The predicted molar refractivity (Wildman–Crippen MR) is 82.8 cm³/mol. The molecule has 108 valence electrons. The maximum Gasteiger partial charge on any atom is 0.119 e. The molecule has 1 aromatic rings. The monoisotopic (exact) mass is 263 g/mol. The Labute approximate surface area is 118 Å². The first-order chi connectivity index (χ1) is 9.31. The molecule has 19 heavy (non-hydrogen) atoms. The zero-order valence-electron chi connectivity index (χ0n) is 12.7. The summed E-state index contributed by atoms with van der Waals surface area (Å²) in [5.41, 5.74) is 1.36. The van der Waals surface area contributed by atoms with Gasteiger partial charge in [0.25, 0.3) is 0 Å². The van der Waals surface area contributed by atoms with Crippen LogP contribution in [0.5, 0.6) is 5.75 Å². The molecule has 0 fully saturated rings. The summed E-state index contributed by atoms with van der Waals surface area (Å²) in [6.07, 6.45) is 7.55. The van der Waals surface area contributed by atoms with E-state index in [1.807, 2.05) is 7.05 Å². The van der Waals surface area contributed by atoms with Gasteiger partial charge in [0.15, 0.2) is 0 Å². The maximum atomic E-state index is 5.62. The van der Waals surface area contributed by atoms with Crippen molar-refractivity contribution < 1.29 is 4.74 Å². The Hall–Kier alpha value is -1.02. The minimum absolute atomic E-state index is 0.470. The molecule has 2 nitrogen and oxygen atoms in total. The number of unbranched alkanes of at least 4 members (excludes halogenated alkanes) is 3. The zero-order valence-corrected chi connectivity index (χ0v) is 12.7. The van der Waals surface area contributed by atoms with Crippen molar-refractivity contribution in [1.82, 2.24) is 5.32 Å². The Morgan fingerprint density at radius 1 is 1.00 bits per heavy atom. The van der Waals surface area contributed by atoms with E-state index >= 15 is 0 Å². The molecule has 0 saturated carbocycles. The summed E-state index contributed by atoms with van der Waals surface area (Å²) >= 11 is 0. The Kier molecular flexibility index (Phi) is 8.31. The smallest absolute Gasteiger partial charge is 0.119 e. The van der Waals surface area contributed by atoms with E-state index in [0.29, 0.717) is 6.04 Å².